The standard InChI is InChI=1S/C10H16FN3O3/c1-10(11)8(16)6(4-15)17-9(10)14-3-2-7(12)13-5-14/h2-3,6,8-9,15-16H,4-5H2,1H3,(H2,12,13)/t6-,8-,9-,10-/m1/s1. The number of hydrogen-bond acceptors (Lipinski definition) is 6. The van der Waals surface area contributed by atoms with Crippen LogP contribution in [0.2, 0.25) is 0 Å². The van der Waals surface area contributed by atoms with Crippen LogP contribution in [0.4, 0.5) is 4.39 Å². The molecule has 0 bridgehead atoms. The van der Waals surface area contributed by atoms with Gasteiger partial charge in [-0.1, -0.05) is 0 Å². The van der Waals surface area contributed by atoms with Crippen LogP contribution in [0.1, 0.15) is 6.92 Å². The van der Waals surface area contributed by atoms with Gasteiger partial charge in [0.25, 0.3) is 0 Å². The minimum Gasteiger partial charge on any atom is -0.394 e. The maximum Gasteiger partial charge on any atom is 0.181 e. The first-order valence-corrected chi connectivity index (χ1v) is 5.34. The maximum absolute atomic E-state index is 14.3. The van der Waals surface area contributed by atoms with E-state index in [1.807, 2.05) is 0 Å². The smallest absolute Gasteiger partial charge is 0.181 e. The second-order valence-corrected chi connectivity index (χ2v) is 4.36. The fraction of sp³-hybridized carbons (Fsp3) is 0.700. The Balaban J connectivity index is 2.14. The Bertz CT molecular complexity index is 359. The predicted octanol–water partition coefficient (Wildman–Crippen LogP) is -1.06. The van der Waals surface area contributed by atoms with E-state index in [-0.39, 0.29) is 6.67 Å². The van der Waals surface area contributed by atoms with Crippen molar-refractivity contribution in [3.8, 4) is 0 Å². The molecule has 0 radical (unpaired) electrons. The molecule has 0 aromatic carbocycles. The van der Waals surface area contributed by atoms with E-state index in [0.717, 1.165) is 0 Å². The second-order valence-electron chi connectivity index (χ2n) is 4.36. The Kier molecular flexibility index (Phi) is 3.07. The predicted molar refractivity (Wildman–Crippen MR) is 58.7 cm³/mol. The highest BCUT2D eigenvalue weighted by atomic mass is 19.1. The van der Waals surface area contributed by atoms with Crippen molar-refractivity contribution in [2.75, 3.05) is 13.3 Å². The molecule has 0 aliphatic carbocycles. The second kappa shape index (κ2) is 4.25. The lowest BCUT2D eigenvalue weighted by atomic mass is 9.98. The zero-order chi connectivity index (χ0) is 12.6. The number of amidine groups is 1. The molecule has 4 atom stereocenters. The summed E-state index contributed by atoms with van der Waals surface area (Å²) in [6.07, 6.45) is -0.178. The van der Waals surface area contributed by atoms with Crippen molar-refractivity contribution < 1.29 is 19.3 Å². The molecule has 0 unspecified atom stereocenters. The average Bonchev–Trinajstić information content (AvgIpc) is 2.53. The molecule has 0 amide bonds. The number of nitrogens with two attached hydrogens (primary N) is 1. The SMILES string of the molecule is C[C@@]1(F)[C@H](O)[C@@H](CO)O[C@H]1N1C=CC(N)=NC1. The summed E-state index contributed by atoms with van der Waals surface area (Å²) in [6, 6.07) is 0. The summed E-state index contributed by atoms with van der Waals surface area (Å²) < 4.78 is 19.6. The van der Waals surface area contributed by atoms with Crippen molar-refractivity contribution in [2.45, 2.75) is 31.0 Å². The topological polar surface area (TPSA) is 91.3 Å². The largest absolute Gasteiger partial charge is 0.394 e. The van der Waals surface area contributed by atoms with Gasteiger partial charge in [-0.15, -0.1) is 0 Å². The summed E-state index contributed by atoms with van der Waals surface area (Å²) in [5.74, 6) is 0.360. The van der Waals surface area contributed by atoms with Gasteiger partial charge in [0.15, 0.2) is 11.9 Å². The Morgan fingerprint density at radius 3 is 2.94 bits per heavy atom. The number of alkyl halides is 1. The number of ether oxygens (including phenoxy) is 1. The van der Waals surface area contributed by atoms with Gasteiger partial charge < -0.3 is 25.6 Å². The molecule has 0 aromatic rings. The van der Waals surface area contributed by atoms with E-state index in [9.17, 15) is 9.50 Å². The highest BCUT2D eigenvalue weighted by Crippen LogP contribution is 2.36. The van der Waals surface area contributed by atoms with E-state index >= 15 is 0 Å². The molecule has 17 heavy (non-hydrogen) atoms. The molecular weight excluding hydrogens is 229 g/mol. The molecule has 96 valence electrons. The molecule has 0 aromatic heterocycles. The maximum atomic E-state index is 14.3. The van der Waals surface area contributed by atoms with Gasteiger partial charge in [0, 0.05) is 6.20 Å². The zero-order valence-corrected chi connectivity index (χ0v) is 9.45. The highest BCUT2D eigenvalue weighted by molar-refractivity contribution is 5.91. The number of rotatable bonds is 2. The van der Waals surface area contributed by atoms with Crippen LogP contribution < -0.4 is 5.73 Å². The van der Waals surface area contributed by atoms with Crippen LogP contribution in [0.5, 0.6) is 0 Å². The minimum atomic E-state index is -1.97. The van der Waals surface area contributed by atoms with Crippen molar-refractivity contribution in [3.05, 3.63) is 12.3 Å². The first-order chi connectivity index (χ1) is 7.96. The van der Waals surface area contributed by atoms with Gasteiger partial charge >= 0.3 is 0 Å². The molecular formula is C10H16FN3O3. The molecule has 2 rings (SSSR count). The van der Waals surface area contributed by atoms with E-state index in [0.29, 0.717) is 5.84 Å². The number of aliphatic hydroxyl groups is 2. The fourth-order valence-corrected chi connectivity index (χ4v) is 2.02. The Morgan fingerprint density at radius 2 is 2.47 bits per heavy atom. The Morgan fingerprint density at radius 1 is 1.76 bits per heavy atom. The fourth-order valence-electron chi connectivity index (χ4n) is 2.02. The van der Waals surface area contributed by atoms with Gasteiger partial charge in [-0.3, -0.25) is 0 Å². The highest BCUT2D eigenvalue weighted by Gasteiger charge is 2.55. The van der Waals surface area contributed by atoms with Crippen LogP contribution >= 0.6 is 0 Å². The molecule has 1 saturated heterocycles. The van der Waals surface area contributed by atoms with Gasteiger partial charge in [-0.05, 0) is 13.0 Å². The Hall–Kier alpha value is -1.18. The van der Waals surface area contributed by atoms with E-state index in [1.54, 1.807) is 6.20 Å². The quantitative estimate of drug-likeness (QED) is 0.576. The first-order valence-electron chi connectivity index (χ1n) is 5.34. The summed E-state index contributed by atoms with van der Waals surface area (Å²) >= 11 is 0. The number of hydrogen-bond donors (Lipinski definition) is 3. The third-order valence-electron chi connectivity index (χ3n) is 3.05. The van der Waals surface area contributed by atoms with E-state index in [2.05, 4.69) is 4.99 Å². The molecule has 2 heterocycles. The summed E-state index contributed by atoms with van der Waals surface area (Å²) in [7, 11) is 0. The van der Waals surface area contributed by atoms with Crippen molar-refractivity contribution >= 4 is 5.84 Å². The van der Waals surface area contributed by atoms with Gasteiger partial charge in [0.2, 0.25) is 0 Å². The summed E-state index contributed by atoms with van der Waals surface area (Å²) in [4.78, 5) is 5.44. The zero-order valence-electron chi connectivity index (χ0n) is 9.45. The van der Waals surface area contributed by atoms with Crippen LogP contribution in [0.3, 0.4) is 0 Å². The van der Waals surface area contributed by atoms with Crippen LogP contribution in [-0.2, 0) is 4.74 Å². The minimum absolute atomic E-state index is 0.164. The van der Waals surface area contributed by atoms with Crippen LogP contribution in [0, 0.1) is 0 Å². The lowest BCUT2D eigenvalue weighted by Gasteiger charge is -2.33. The molecule has 0 saturated carbocycles. The van der Waals surface area contributed by atoms with E-state index < -0.39 is 30.7 Å². The first kappa shape index (κ1) is 12.3. The molecule has 2 aliphatic rings. The van der Waals surface area contributed by atoms with Crippen molar-refractivity contribution in [2.24, 2.45) is 10.7 Å². The van der Waals surface area contributed by atoms with Gasteiger partial charge in [-0.25, -0.2) is 9.38 Å². The molecule has 0 spiro atoms. The van der Waals surface area contributed by atoms with Crippen molar-refractivity contribution in [1.82, 2.24) is 4.90 Å². The summed E-state index contributed by atoms with van der Waals surface area (Å²) in [6.45, 7) is 0.977. The summed E-state index contributed by atoms with van der Waals surface area (Å²) in [5, 5.41) is 18.7. The molecule has 2 aliphatic heterocycles. The lowest BCUT2D eigenvalue weighted by Crippen LogP contribution is -2.49. The lowest BCUT2D eigenvalue weighted by molar-refractivity contribution is -0.0871. The third-order valence-corrected chi connectivity index (χ3v) is 3.05. The van der Waals surface area contributed by atoms with Crippen LogP contribution in [0.25, 0.3) is 0 Å². The van der Waals surface area contributed by atoms with Crippen molar-refractivity contribution in [1.29, 1.82) is 0 Å². The Labute approximate surface area is 98.2 Å². The van der Waals surface area contributed by atoms with Crippen molar-refractivity contribution in [3.63, 3.8) is 0 Å². The van der Waals surface area contributed by atoms with Gasteiger partial charge in [0.1, 0.15) is 24.7 Å². The summed E-state index contributed by atoms with van der Waals surface area (Å²) in [5.41, 5.74) is 3.48. The molecule has 7 heteroatoms. The molecule has 4 N–H and O–H groups in total. The molecule has 1 fully saturated rings. The normalized spacial score (nSPS) is 41.8. The van der Waals surface area contributed by atoms with Crippen LogP contribution in [0.15, 0.2) is 17.3 Å². The van der Waals surface area contributed by atoms with Gasteiger partial charge in [-0.2, -0.15) is 0 Å². The molecule has 6 nitrogen and oxygen atoms in total. The average molecular weight is 245 g/mol. The van der Waals surface area contributed by atoms with E-state index in [1.165, 1.54) is 17.9 Å². The third kappa shape index (κ3) is 2.01. The van der Waals surface area contributed by atoms with Gasteiger partial charge in [0.05, 0.1) is 6.61 Å². The number of aliphatic imine (C=N–C) groups is 1. The van der Waals surface area contributed by atoms with E-state index in [4.69, 9.17) is 15.6 Å². The monoisotopic (exact) mass is 245 g/mol. The number of halogens is 1. The number of nitrogens with zero attached hydrogens (tertiary/aromatic N) is 2. The number of aliphatic hydroxyl groups excluding tert-OH is 2. The van der Waals surface area contributed by atoms with Crippen LogP contribution in [-0.4, -0.2) is 58.3 Å².